The molecule has 0 aliphatic carbocycles. The molecule has 1 amide bonds. The number of nitrogens with zero attached hydrogens (tertiary/aromatic N) is 1. The minimum Gasteiger partial charge on any atom is -0.337 e. The third-order valence-electron chi connectivity index (χ3n) is 5.14. The van der Waals surface area contributed by atoms with E-state index in [2.05, 4.69) is 43.4 Å². The van der Waals surface area contributed by atoms with Crippen LogP contribution in [-0.4, -0.2) is 36.0 Å². The molecule has 1 N–H and O–H groups in total. The first kappa shape index (κ1) is 16.7. The van der Waals surface area contributed by atoms with Gasteiger partial charge in [0.15, 0.2) is 0 Å². The summed E-state index contributed by atoms with van der Waals surface area (Å²) in [5.74, 6) is 0.353. The van der Waals surface area contributed by atoms with Crippen molar-refractivity contribution in [3.63, 3.8) is 0 Å². The number of amides is 1. The van der Waals surface area contributed by atoms with Crippen LogP contribution in [0.2, 0.25) is 0 Å². The summed E-state index contributed by atoms with van der Waals surface area (Å²) >= 11 is 0. The molecule has 0 spiro atoms. The number of benzene rings is 2. The van der Waals surface area contributed by atoms with Gasteiger partial charge >= 0.3 is 0 Å². The summed E-state index contributed by atoms with van der Waals surface area (Å²) in [5.41, 5.74) is 2.40. The zero-order valence-electron chi connectivity index (χ0n) is 14.5. The maximum absolute atomic E-state index is 13.0. The lowest BCUT2D eigenvalue weighted by Crippen LogP contribution is -2.57. The predicted octanol–water partition coefficient (Wildman–Crippen LogP) is 3.42. The summed E-state index contributed by atoms with van der Waals surface area (Å²) in [6.07, 6.45) is 0.519. The van der Waals surface area contributed by atoms with Crippen molar-refractivity contribution in [3.05, 3.63) is 71.8 Å². The van der Waals surface area contributed by atoms with Crippen molar-refractivity contribution in [2.45, 2.75) is 38.3 Å². The van der Waals surface area contributed by atoms with Crippen LogP contribution in [0.3, 0.4) is 0 Å². The number of carbonyl (C=O) groups excluding carboxylic acids is 1. The van der Waals surface area contributed by atoms with Crippen LogP contribution in [0.1, 0.15) is 37.3 Å². The molecule has 126 valence electrons. The smallest absolute Gasteiger partial charge is 0.223 e. The molecular weight excluding hydrogens is 296 g/mol. The van der Waals surface area contributed by atoms with E-state index in [0.717, 1.165) is 13.1 Å². The van der Waals surface area contributed by atoms with E-state index in [9.17, 15) is 4.79 Å². The van der Waals surface area contributed by atoms with Gasteiger partial charge in [0.2, 0.25) is 5.91 Å². The van der Waals surface area contributed by atoms with Gasteiger partial charge in [-0.3, -0.25) is 4.79 Å². The Balaban J connectivity index is 1.83. The summed E-state index contributed by atoms with van der Waals surface area (Å²) in [6, 6.07) is 21.3. The Morgan fingerprint density at radius 3 is 2.12 bits per heavy atom. The van der Waals surface area contributed by atoms with Crippen LogP contribution < -0.4 is 5.32 Å². The second-order valence-electron chi connectivity index (χ2n) is 6.65. The van der Waals surface area contributed by atoms with Gasteiger partial charge in [-0.15, -0.1) is 0 Å². The molecule has 1 aliphatic rings. The molecule has 2 aromatic carbocycles. The average molecular weight is 322 g/mol. The van der Waals surface area contributed by atoms with Gasteiger partial charge in [0.1, 0.15) is 0 Å². The number of hydrogen-bond donors (Lipinski definition) is 1. The van der Waals surface area contributed by atoms with Gasteiger partial charge in [-0.2, -0.15) is 0 Å². The highest BCUT2D eigenvalue weighted by molar-refractivity contribution is 5.78. The molecular formula is C21H26N2O. The summed E-state index contributed by atoms with van der Waals surface area (Å²) in [4.78, 5) is 15.1. The highest BCUT2D eigenvalue weighted by Gasteiger charge is 2.30. The number of nitrogens with one attached hydrogen (secondary N) is 1. The molecule has 0 radical (unpaired) electrons. The van der Waals surface area contributed by atoms with Crippen LogP contribution in [0.5, 0.6) is 0 Å². The monoisotopic (exact) mass is 322 g/mol. The number of rotatable bonds is 4. The number of carbonyl (C=O) groups is 1. The van der Waals surface area contributed by atoms with Crippen LogP contribution in [0.15, 0.2) is 60.7 Å². The molecule has 2 atom stereocenters. The molecule has 0 saturated carbocycles. The molecule has 0 aromatic heterocycles. The summed E-state index contributed by atoms with van der Waals surface area (Å²) in [6.45, 7) is 5.95. The Hall–Kier alpha value is -2.13. The zero-order valence-corrected chi connectivity index (χ0v) is 14.5. The number of hydrogen-bond acceptors (Lipinski definition) is 2. The Kier molecular flexibility index (Phi) is 5.31. The summed E-state index contributed by atoms with van der Waals surface area (Å²) in [5, 5.41) is 3.44. The van der Waals surface area contributed by atoms with E-state index in [-0.39, 0.29) is 17.9 Å². The topological polar surface area (TPSA) is 32.3 Å². The molecule has 3 rings (SSSR count). The maximum atomic E-state index is 13.0. The minimum atomic E-state index is 0.109. The lowest BCUT2D eigenvalue weighted by atomic mass is 9.88. The van der Waals surface area contributed by atoms with Crippen molar-refractivity contribution in [2.75, 3.05) is 13.1 Å². The summed E-state index contributed by atoms with van der Waals surface area (Å²) in [7, 11) is 0. The van der Waals surface area contributed by atoms with Crippen LogP contribution >= 0.6 is 0 Å². The SMILES string of the molecule is CC1NCCN(C(=O)CC(c2ccccc2)c2ccccc2)C1C. The van der Waals surface area contributed by atoms with E-state index in [1.165, 1.54) is 11.1 Å². The van der Waals surface area contributed by atoms with Crippen molar-refractivity contribution in [1.82, 2.24) is 10.2 Å². The van der Waals surface area contributed by atoms with Crippen molar-refractivity contribution in [1.29, 1.82) is 0 Å². The third kappa shape index (κ3) is 3.68. The molecule has 0 bridgehead atoms. The molecule has 2 aromatic rings. The molecule has 1 fully saturated rings. The van der Waals surface area contributed by atoms with Gasteiger partial charge in [-0.25, -0.2) is 0 Å². The normalized spacial score (nSPS) is 21.0. The quantitative estimate of drug-likeness (QED) is 0.935. The first-order chi connectivity index (χ1) is 11.7. The Morgan fingerprint density at radius 2 is 1.58 bits per heavy atom. The molecule has 1 aliphatic heterocycles. The first-order valence-corrected chi connectivity index (χ1v) is 8.79. The Labute approximate surface area is 144 Å². The highest BCUT2D eigenvalue weighted by atomic mass is 16.2. The minimum absolute atomic E-state index is 0.109. The molecule has 24 heavy (non-hydrogen) atoms. The highest BCUT2D eigenvalue weighted by Crippen LogP contribution is 2.29. The Bertz CT molecular complexity index is 617. The lowest BCUT2D eigenvalue weighted by Gasteiger charge is -2.39. The molecule has 3 heteroatoms. The largest absolute Gasteiger partial charge is 0.337 e. The maximum Gasteiger partial charge on any atom is 0.223 e. The number of piperazine rings is 1. The fourth-order valence-electron chi connectivity index (χ4n) is 3.50. The van der Waals surface area contributed by atoms with E-state index < -0.39 is 0 Å². The van der Waals surface area contributed by atoms with Crippen molar-refractivity contribution < 1.29 is 4.79 Å². The van der Waals surface area contributed by atoms with Crippen molar-refractivity contribution in [3.8, 4) is 0 Å². The molecule has 1 saturated heterocycles. The van der Waals surface area contributed by atoms with E-state index in [0.29, 0.717) is 12.5 Å². The first-order valence-electron chi connectivity index (χ1n) is 8.79. The van der Waals surface area contributed by atoms with Gasteiger partial charge in [0, 0.05) is 37.5 Å². The van der Waals surface area contributed by atoms with Crippen LogP contribution in [-0.2, 0) is 4.79 Å². The second kappa shape index (κ2) is 7.63. The molecule has 1 heterocycles. The van der Waals surface area contributed by atoms with Gasteiger partial charge in [0.25, 0.3) is 0 Å². The predicted molar refractivity (Wildman–Crippen MR) is 98.0 cm³/mol. The van der Waals surface area contributed by atoms with Crippen molar-refractivity contribution >= 4 is 5.91 Å². The van der Waals surface area contributed by atoms with Gasteiger partial charge < -0.3 is 10.2 Å². The van der Waals surface area contributed by atoms with E-state index >= 15 is 0 Å². The fraction of sp³-hybridized carbons (Fsp3) is 0.381. The van der Waals surface area contributed by atoms with Crippen LogP contribution in [0.25, 0.3) is 0 Å². The Morgan fingerprint density at radius 1 is 1.04 bits per heavy atom. The van der Waals surface area contributed by atoms with Crippen LogP contribution in [0, 0.1) is 0 Å². The van der Waals surface area contributed by atoms with E-state index in [1.54, 1.807) is 0 Å². The molecule has 3 nitrogen and oxygen atoms in total. The summed E-state index contributed by atoms with van der Waals surface area (Å²) < 4.78 is 0. The van der Waals surface area contributed by atoms with Crippen LogP contribution in [0.4, 0.5) is 0 Å². The fourth-order valence-corrected chi connectivity index (χ4v) is 3.50. The second-order valence-corrected chi connectivity index (χ2v) is 6.65. The van der Waals surface area contributed by atoms with E-state index in [4.69, 9.17) is 0 Å². The lowest BCUT2D eigenvalue weighted by molar-refractivity contribution is -0.135. The van der Waals surface area contributed by atoms with E-state index in [1.807, 2.05) is 41.3 Å². The zero-order chi connectivity index (χ0) is 16.9. The standard InChI is InChI=1S/C21H26N2O/c1-16-17(2)23(14-13-22-16)21(24)15-20(18-9-5-3-6-10-18)19-11-7-4-8-12-19/h3-12,16-17,20,22H,13-15H2,1-2H3. The van der Waals surface area contributed by atoms with Gasteiger partial charge in [-0.05, 0) is 25.0 Å². The third-order valence-corrected chi connectivity index (χ3v) is 5.14. The van der Waals surface area contributed by atoms with Gasteiger partial charge in [-0.1, -0.05) is 60.7 Å². The molecule has 2 unspecified atom stereocenters. The van der Waals surface area contributed by atoms with Crippen molar-refractivity contribution in [2.24, 2.45) is 0 Å². The average Bonchev–Trinajstić information content (AvgIpc) is 2.63. The van der Waals surface area contributed by atoms with Gasteiger partial charge in [0.05, 0.1) is 0 Å².